The maximum atomic E-state index is 13.8. The second kappa shape index (κ2) is 4.02. The van der Waals surface area contributed by atoms with Crippen LogP contribution in [0.1, 0.15) is 30.5 Å². The van der Waals surface area contributed by atoms with E-state index in [1.807, 2.05) is 6.07 Å². The molecule has 0 saturated carbocycles. The molecular weight excluding hydrogens is 201 g/mol. The topological polar surface area (TPSA) is 26.0 Å². The zero-order valence-electron chi connectivity index (χ0n) is 9.89. The van der Waals surface area contributed by atoms with E-state index in [1.54, 1.807) is 6.07 Å². The van der Waals surface area contributed by atoms with Crippen LogP contribution in [0.2, 0.25) is 0 Å². The van der Waals surface area contributed by atoms with Gasteiger partial charge >= 0.3 is 0 Å². The Labute approximate surface area is 96.2 Å². The van der Waals surface area contributed by atoms with E-state index in [9.17, 15) is 4.39 Å². The summed E-state index contributed by atoms with van der Waals surface area (Å²) >= 11 is 0. The van der Waals surface area contributed by atoms with E-state index in [2.05, 4.69) is 20.4 Å². The van der Waals surface area contributed by atoms with Gasteiger partial charge in [-0.1, -0.05) is 26.5 Å². The number of benzene rings is 1. The van der Waals surface area contributed by atoms with Crippen LogP contribution in [0, 0.1) is 17.7 Å². The number of fused-ring (bicyclic) bond motifs is 2. The zero-order chi connectivity index (χ0) is 11.9. The summed E-state index contributed by atoms with van der Waals surface area (Å²) in [6.07, 6.45) is 0.886. The fourth-order valence-electron chi connectivity index (χ4n) is 2.42. The van der Waals surface area contributed by atoms with Gasteiger partial charge in [0.25, 0.3) is 0 Å². The van der Waals surface area contributed by atoms with Gasteiger partial charge < -0.3 is 5.73 Å². The Morgan fingerprint density at radius 1 is 1.44 bits per heavy atom. The van der Waals surface area contributed by atoms with Crippen molar-refractivity contribution < 1.29 is 4.39 Å². The Morgan fingerprint density at radius 3 is 2.75 bits per heavy atom. The Bertz CT molecular complexity index is 437. The fourth-order valence-corrected chi connectivity index (χ4v) is 2.42. The van der Waals surface area contributed by atoms with E-state index < -0.39 is 0 Å². The van der Waals surface area contributed by atoms with Crippen molar-refractivity contribution in [1.82, 2.24) is 0 Å². The van der Waals surface area contributed by atoms with E-state index in [0.29, 0.717) is 17.4 Å². The molecule has 0 spiro atoms. The van der Waals surface area contributed by atoms with Crippen molar-refractivity contribution in [2.45, 2.75) is 26.8 Å². The Hall–Kier alpha value is -1.15. The Balaban J connectivity index is 2.59. The molecule has 1 aromatic carbocycles. The van der Waals surface area contributed by atoms with Crippen molar-refractivity contribution in [1.29, 1.82) is 0 Å². The molecule has 1 aliphatic carbocycles. The molecule has 0 amide bonds. The molecule has 86 valence electrons. The molecule has 2 heteroatoms. The van der Waals surface area contributed by atoms with Gasteiger partial charge in [-0.3, -0.25) is 0 Å². The Morgan fingerprint density at radius 2 is 2.12 bits per heavy atom. The SMILES string of the molecule is C=C1c2cc(F)c(CN)c(c2)CC(C)[C@@H]1C. The smallest absolute Gasteiger partial charge is 0.128 e. The van der Waals surface area contributed by atoms with Crippen LogP contribution in [0.4, 0.5) is 4.39 Å². The lowest BCUT2D eigenvalue weighted by molar-refractivity contribution is 0.472. The van der Waals surface area contributed by atoms with Crippen LogP contribution in [0.25, 0.3) is 5.57 Å². The summed E-state index contributed by atoms with van der Waals surface area (Å²) in [6.45, 7) is 8.69. The predicted molar refractivity (Wildman–Crippen MR) is 65.4 cm³/mol. The lowest BCUT2D eigenvalue weighted by Crippen LogP contribution is -2.11. The molecule has 0 fully saturated rings. The number of allylic oxidation sites excluding steroid dienone is 1. The summed E-state index contributed by atoms with van der Waals surface area (Å²) in [4.78, 5) is 0. The van der Waals surface area contributed by atoms with Gasteiger partial charge in [-0.2, -0.15) is 0 Å². The molecule has 1 nitrogen and oxygen atoms in total. The van der Waals surface area contributed by atoms with Crippen LogP contribution in [-0.2, 0) is 13.0 Å². The first-order valence-electron chi connectivity index (χ1n) is 5.75. The van der Waals surface area contributed by atoms with Gasteiger partial charge in [0.2, 0.25) is 0 Å². The normalized spacial score (nSPS) is 24.4. The predicted octanol–water partition coefficient (Wildman–Crippen LogP) is 3.13. The Kier molecular flexibility index (Phi) is 2.85. The average Bonchev–Trinajstić information content (AvgIpc) is 2.32. The minimum Gasteiger partial charge on any atom is -0.326 e. The average molecular weight is 219 g/mol. The van der Waals surface area contributed by atoms with Crippen molar-refractivity contribution in [3.63, 3.8) is 0 Å². The largest absolute Gasteiger partial charge is 0.326 e. The van der Waals surface area contributed by atoms with Gasteiger partial charge in [-0.05, 0) is 41.0 Å². The number of halogens is 1. The fraction of sp³-hybridized carbons (Fsp3) is 0.429. The highest BCUT2D eigenvalue weighted by Crippen LogP contribution is 2.36. The summed E-state index contributed by atoms with van der Waals surface area (Å²) in [7, 11) is 0. The van der Waals surface area contributed by atoms with Crippen LogP contribution in [0.15, 0.2) is 18.7 Å². The quantitative estimate of drug-likeness (QED) is 0.771. The number of rotatable bonds is 1. The van der Waals surface area contributed by atoms with Gasteiger partial charge in [0.15, 0.2) is 0 Å². The molecule has 0 radical (unpaired) electrons. The van der Waals surface area contributed by atoms with Crippen molar-refractivity contribution in [2.75, 3.05) is 0 Å². The molecule has 0 aliphatic heterocycles. The highest BCUT2D eigenvalue weighted by Gasteiger charge is 2.24. The molecule has 2 rings (SSSR count). The third kappa shape index (κ3) is 1.67. The van der Waals surface area contributed by atoms with E-state index >= 15 is 0 Å². The summed E-state index contributed by atoms with van der Waals surface area (Å²) in [5.74, 6) is 0.694. The van der Waals surface area contributed by atoms with E-state index in [4.69, 9.17) is 5.73 Å². The molecule has 1 aromatic rings. The molecule has 0 heterocycles. The van der Waals surface area contributed by atoms with E-state index in [0.717, 1.165) is 23.1 Å². The number of hydrogen-bond acceptors (Lipinski definition) is 1. The van der Waals surface area contributed by atoms with Crippen molar-refractivity contribution in [2.24, 2.45) is 17.6 Å². The molecule has 0 aromatic heterocycles. The summed E-state index contributed by atoms with van der Waals surface area (Å²) in [5, 5.41) is 0. The van der Waals surface area contributed by atoms with Gasteiger partial charge in [0, 0.05) is 12.1 Å². The van der Waals surface area contributed by atoms with Crippen LogP contribution < -0.4 is 5.73 Å². The van der Waals surface area contributed by atoms with Gasteiger partial charge in [0.05, 0.1) is 0 Å². The third-order valence-corrected chi connectivity index (χ3v) is 3.81. The standard InChI is InChI=1S/C14H18FN/c1-8-4-12-5-11(10(3)9(8)2)6-14(15)13(12)7-16/h5-6,8-9H,3-4,7,16H2,1-2H3/t8?,9-/m0/s1. The second-order valence-electron chi connectivity index (χ2n) is 4.80. The molecule has 1 aliphatic rings. The van der Waals surface area contributed by atoms with Crippen molar-refractivity contribution >= 4 is 5.57 Å². The first kappa shape index (κ1) is 11.3. The van der Waals surface area contributed by atoms with Crippen LogP contribution in [-0.4, -0.2) is 0 Å². The van der Waals surface area contributed by atoms with Gasteiger partial charge in [0.1, 0.15) is 5.82 Å². The molecule has 2 N–H and O–H groups in total. The van der Waals surface area contributed by atoms with Crippen LogP contribution in [0.5, 0.6) is 0 Å². The first-order valence-corrected chi connectivity index (χ1v) is 5.75. The highest BCUT2D eigenvalue weighted by atomic mass is 19.1. The van der Waals surface area contributed by atoms with Gasteiger partial charge in [-0.15, -0.1) is 0 Å². The zero-order valence-corrected chi connectivity index (χ0v) is 9.89. The van der Waals surface area contributed by atoms with E-state index in [1.165, 1.54) is 0 Å². The molecule has 16 heavy (non-hydrogen) atoms. The van der Waals surface area contributed by atoms with Gasteiger partial charge in [-0.25, -0.2) is 4.39 Å². The highest BCUT2D eigenvalue weighted by molar-refractivity contribution is 5.67. The third-order valence-electron chi connectivity index (χ3n) is 3.81. The first-order chi connectivity index (χ1) is 7.54. The second-order valence-corrected chi connectivity index (χ2v) is 4.80. The summed E-state index contributed by atoms with van der Waals surface area (Å²) in [5.41, 5.74) is 9.29. The van der Waals surface area contributed by atoms with E-state index in [-0.39, 0.29) is 12.4 Å². The lowest BCUT2D eigenvalue weighted by atomic mass is 9.86. The maximum absolute atomic E-state index is 13.8. The molecule has 2 atom stereocenters. The molecule has 1 unspecified atom stereocenters. The monoisotopic (exact) mass is 219 g/mol. The van der Waals surface area contributed by atoms with Crippen molar-refractivity contribution in [3.8, 4) is 0 Å². The van der Waals surface area contributed by atoms with Crippen LogP contribution >= 0.6 is 0 Å². The number of hydrogen-bond donors (Lipinski definition) is 1. The van der Waals surface area contributed by atoms with Crippen molar-refractivity contribution in [3.05, 3.63) is 41.2 Å². The number of nitrogens with two attached hydrogens (primary N) is 1. The lowest BCUT2D eigenvalue weighted by Gasteiger charge is -2.18. The molecular formula is C14H18FN. The summed E-state index contributed by atoms with van der Waals surface area (Å²) < 4.78 is 13.8. The molecule has 0 saturated heterocycles. The minimum atomic E-state index is -0.183. The summed E-state index contributed by atoms with van der Waals surface area (Å²) in [6, 6.07) is 3.62. The maximum Gasteiger partial charge on any atom is 0.128 e. The van der Waals surface area contributed by atoms with Crippen LogP contribution in [0.3, 0.4) is 0 Å². The minimum absolute atomic E-state index is 0.183. The molecule has 2 bridgehead atoms.